The Kier molecular flexibility index (Phi) is 5.63. The molecule has 0 fully saturated rings. The molecule has 1 aromatic carbocycles. The van der Waals surface area contributed by atoms with E-state index >= 15 is 0 Å². The molecule has 2 nitrogen and oxygen atoms in total. The summed E-state index contributed by atoms with van der Waals surface area (Å²) in [7, 11) is 0. The summed E-state index contributed by atoms with van der Waals surface area (Å²) in [6.07, 6.45) is 1.88. The normalized spacial score (nSPS) is 11.8. The lowest BCUT2D eigenvalue weighted by atomic mass is 9.93. The van der Waals surface area contributed by atoms with Crippen LogP contribution in [0.3, 0.4) is 0 Å². The molecule has 0 bridgehead atoms. The summed E-state index contributed by atoms with van der Waals surface area (Å²) in [6.45, 7) is 7.28. The third-order valence-electron chi connectivity index (χ3n) is 3.56. The minimum Gasteiger partial charge on any atom is -0.394 e. The first-order valence-corrected chi connectivity index (χ1v) is 6.97. The quantitative estimate of drug-likeness (QED) is 0.844. The zero-order valence-corrected chi connectivity index (χ0v) is 12.5. The topological polar surface area (TPSA) is 32.3 Å². The largest absolute Gasteiger partial charge is 0.394 e. The second-order valence-corrected chi connectivity index (χ2v) is 5.44. The van der Waals surface area contributed by atoms with Gasteiger partial charge in [0.1, 0.15) is 0 Å². The second kappa shape index (κ2) is 6.53. The number of aliphatic hydroxyl groups is 1. The first-order valence-electron chi connectivity index (χ1n) is 6.18. The molecule has 0 saturated heterocycles. The van der Waals surface area contributed by atoms with Crippen LogP contribution < -0.4 is 5.32 Å². The fourth-order valence-electron chi connectivity index (χ4n) is 1.82. The van der Waals surface area contributed by atoms with Crippen molar-refractivity contribution >= 4 is 15.9 Å². The molecule has 96 valence electrons. The molecular formula is C14H22BrNO. The van der Waals surface area contributed by atoms with Crippen molar-refractivity contribution in [3.8, 4) is 0 Å². The summed E-state index contributed by atoms with van der Waals surface area (Å²) < 4.78 is 1.14. The van der Waals surface area contributed by atoms with Gasteiger partial charge in [-0.1, -0.05) is 41.9 Å². The number of benzene rings is 1. The molecule has 0 amide bonds. The Balaban J connectivity index is 2.68. The maximum absolute atomic E-state index is 9.48. The van der Waals surface area contributed by atoms with Crippen LogP contribution in [0.4, 0.5) is 0 Å². The summed E-state index contributed by atoms with van der Waals surface area (Å²) >= 11 is 3.54. The predicted octanol–water partition coefficient (Wildman–Crippen LogP) is 3.40. The zero-order chi connectivity index (χ0) is 12.9. The number of nitrogens with one attached hydrogen (secondary N) is 1. The number of aliphatic hydroxyl groups excluding tert-OH is 1. The van der Waals surface area contributed by atoms with Crippen molar-refractivity contribution in [2.75, 3.05) is 6.61 Å². The Labute approximate surface area is 113 Å². The molecule has 17 heavy (non-hydrogen) atoms. The van der Waals surface area contributed by atoms with Gasteiger partial charge in [-0.25, -0.2) is 0 Å². The van der Waals surface area contributed by atoms with E-state index in [4.69, 9.17) is 0 Å². The maximum Gasteiger partial charge on any atom is 0.0613 e. The van der Waals surface area contributed by atoms with Crippen LogP contribution in [0, 0.1) is 6.92 Å². The fraction of sp³-hybridized carbons (Fsp3) is 0.571. The van der Waals surface area contributed by atoms with Gasteiger partial charge in [0.15, 0.2) is 0 Å². The minimum atomic E-state index is -0.142. The highest BCUT2D eigenvalue weighted by molar-refractivity contribution is 9.10. The molecule has 0 aromatic heterocycles. The van der Waals surface area contributed by atoms with Gasteiger partial charge in [0.2, 0.25) is 0 Å². The predicted molar refractivity (Wildman–Crippen MR) is 76.1 cm³/mol. The van der Waals surface area contributed by atoms with Gasteiger partial charge in [-0.3, -0.25) is 0 Å². The number of rotatable bonds is 6. The SMILES string of the molecule is CCC(CC)(CO)NCc1ccc(C)c(Br)c1. The van der Waals surface area contributed by atoms with Crippen molar-refractivity contribution in [2.45, 2.75) is 45.7 Å². The molecule has 2 N–H and O–H groups in total. The van der Waals surface area contributed by atoms with Crippen LogP contribution in [0.25, 0.3) is 0 Å². The summed E-state index contributed by atoms with van der Waals surface area (Å²) in [5.74, 6) is 0. The monoisotopic (exact) mass is 299 g/mol. The zero-order valence-electron chi connectivity index (χ0n) is 10.9. The maximum atomic E-state index is 9.48. The summed E-state index contributed by atoms with van der Waals surface area (Å²) in [4.78, 5) is 0. The Morgan fingerprint density at radius 1 is 1.29 bits per heavy atom. The minimum absolute atomic E-state index is 0.142. The first kappa shape index (κ1) is 14.7. The number of hydrogen-bond acceptors (Lipinski definition) is 2. The molecule has 0 aliphatic heterocycles. The molecule has 0 spiro atoms. The van der Waals surface area contributed by atoms with E-state index in [0.29, 0.717) is 0 Å². The summed E-state index contributed by atoms with van der Waals surface area (Å²) in [5.41, 5.74) is 2.34. The Morgan fingerprint density at radius 2 is 1.94 bits per heavy atom. The van der Waals surface area contributed by atoms with Gasteiger partial charge in [-0.2, -0.15) is 0 Å². The Bertz CT molecular complexity index is 353. The highest BCUT2D eigenvalue weighted by Gasteiger charge is 2.23. The summed E-state index contributed by atoms with van der Waals surface area (Å²) in [6, 6.07) is 6.37. The van der Waals surface area contributed by atoms with E-state index in [1.807, 2.05) is 0 Å². The van der Waals surface area contributed by atoms with Crippen LogP contribution in [0.5, 0.6) is 0 Å². The molecule has 0 heterocycles. The third kappa shape index (κ3) is 3.80. The first-order chi connectivity index (χ1) is 8.06. The lowest BCUT2D eigenvalue weighted by molar-refractivity contribution is 0.149. The van der Waals surface area contributed by atoms with Gasteiger partial charge >= 0.3 is 0 Å². The van der Waals surface area contributed by atoms with Crippen LogP contribution in [0.2, 0.25) is 0 Å². The van der Waals surface area contributed by atoms with Crippen molar-refractivity contribution < 1.29 is 5.11 Å². The molecule has 0 aliphatic rings. The highest BCUT2D eigenvalue weighted by atomic mass is 79.9. The summed E-state index contributed by atoms with van der Waals surface area (Å²) in [5, 5.41) is 13.0. The Morgan fingerprint density at radius 3 is 2.41 bits per heavy atom. The standard InChI is InChI=1S/C14H22BrNO/c1-4-14(5-2,10-17)16-9-12-7-6-11(3)13(15)8-12/h6-8,16-17H,4-5,9-10H2,1-3H3. The van der Waals surface area contributed by atoms with Crippen LogP contribution in [-0.2, 0) is 6.54 Å². The van der Waals surface area contributed by atoms with Gasteiger partial charge in [0.25, 0.3) is 0 Å². The molecule has 0 atom stereocenters. The number of hydrogen-bond donors (Lipinski definition) is 2. The molecule has 3 heteroatoms. The van der Waals surface area contributed by atoms with Gasteiger partial charge < -0.3 is 10.4 Å². The lowest BCUT2D eigenvalue weighted by Gasteiger charge is -2.31. The molecule has 0 unspecified atom stereocenters. The van der Waals surface area contributed by atoms with E-state index in [0.717, 1.165) is 23.9 Å². The van der Waals surface area contributed by atoms with Crippen LogP contribution >= 0.6 is 15.9 Å². The average Bonchev–Trinajstić information content (AvgIpc) is 2.36. The average molecular weight is 300 g/mol. The molecule has 1 aromatic rings. The van der Waals surface area contributed by atoms with E-state index in [2.05, 4.69) is 60.2 Å². The van der Waals surface area contributed by atoms with E-state index in [1.165, 1.54) is 11.1 Å². The van der Waals surface area contributed by atoms with Gasteiger partial charge in [-0.15, -0.1) is 0 Å². The molecule has 0 saturated carbocycles. The van der Waals surface area contributed by atoms with E-state index < -0.39 is 0 Å². The molecule has 0 radical (unpaired) electrons. The lowest BCUT2D eigenvalue weighted by Crippen LogP contribution is -2.47. The van der Waals surface area contributed by atoms with Crippen LogP contribution in [-0.4, -0.2) is 17.3 Å². The van der Waals surface area contributed by atoms with Crippen molar-refractivity contribution in [3.63, 3.8) is 0 Å². The van der Waals surface area contributed by atoms with Crippen molar-refractivity contribution in [2.24, 2.45) is 0 Å². The van der Waals surface area contributed by atoms with E-state index in [9.17, 15) is 5.11 Å². The van der Waals surface area contributed by atoms with Crippen LogP contribution in [0.1, 0.15) is 37.8 Å². The molecular weight excluding hydrogens is 278 g/mol. The number of aryl methyl sites for hydroxylation is 1. The van der Waals surface area contributed by atoms with Crippen LogP contribution in [0.15, 0.2) is 22.7 Å². The fourth-order valence-corrected chi connectivity index (χ4v) is 2.24. The van der Waals surface area contributed by atoms with Gasteiger partial charge in [-0.05, 0) is 37.0 Å². The number of halogens is 1. The second-order valence-electron chi connectivity index (χ2n) is 4.58. The van der Waals surface area contributed by atoms with E-state index in [1.54, 1.807) is 0 Å². The smallest absolute Gasteiger partial charge is 0.0613 e. The van der Waals surface area contributed by atoms with Crippen molar-refractivity contribution in [3.05, 3.63) is 33.8 Å². The van der Waals surface area contributed by atoms with Crippen molar-refractivity contribution in [1.82, 2.24) is 5.32 Å². The van der Waals surface area contributed by atoms with Gasteiger partial charge in [0, 0.05) is 16.6 Å². The Hall–Kier alpha value is -0.380. The highest BCUT2D eigenvalue weighted by Crippen LogP contribution is 2.19. The third-order valence-corrected chi connectivity index (χ3v) is 4.41. The van der Waals surface area contributed by atoms with E-state index in [-0.39, 0.29) is 12.1 Å². The van der Waals surface area contributed by atoms with Crippen molar-refractivity contribution in [1.29, 1.82) is 0 Å². The molecule has 0 aliphatic carbocycles. The van der Waals surface area contributed by atoms with Gasteiger partial charge in [0.05, 0.1) is 6.61 Å². The molecule has 1 rings (SSSR count).